The minimum absolute atomic E-state index is 0.303. The summed E-state index contributed by atoms with van der Waals surface area (Å²) >= 11 is 1.10. The lowest BCUT2D eigenvalue weighted by Gasteiger charge is -2.12. The van der Waals surface area contributed by atoms with E-state index in [1.165, 1.54) is 6.07 Å². The van der Waals surface area contributed by atoms with E-state index in [-0.39, 0.29) is 0 Å². The van der Waals surface area contributed by atoms with Crippen LogP contribution in [-0.2, 0) is 6.18 Å². The van der Waals surface area contributed by atoms with Gasteiger partial charge in [-0.05, 0) is 42.5 Å². The highest BCUT2D eigenvalue weighted by Gasteiger charge is 2.35. The van der Waals surface area contributed by atoms with Crippen molar-refractivity contribution in [2.45, 2.75) is 16.0 Å². The summed E-state index contributed by atoms with van der Waals surface area (Å²) in [5.41, 5.74) is 4.17. The van der Waals surface area contributed by atoms with E-state index in [9.17, 15) is 18.0 Å². The number of hydrogen-bond acceptors (Lipinski definition) is 3. The zero-order valence-electron chi connectivity index (χ0n) is 10.5. The molecule has 3 nitrogen and oxygen atoms in total. The minimum Gasteiger partial charge on any atom is -0.478 e. The van der Waals surface area contributed by atoms with E-state index >= 15 is 0 Å². The number of carbonyl (C=O) groups is 1. The van der Waals surface area contributed by atoms with Gasteiger partial charge in [-0.3, -0.25) is 0 Å². The Kier molecular flexibility index (Phi) is 4.13. The molecule has 0 radical (unpaired) electrons. The summed E-state index contributed by atoms with van der Waals surface area (Å²) in [6, 6.07) is 9.78. The highest BCUT2D eigenvalue weighted by molar-refractivity contribution is 7.99. The molecule has 0 spiro atoms. The third-order valence-corrected chi connectivity index (χ3v) is 3.64. The molecule has 0 aliphatic heterocycles. The Morgan fingerprint density at radius 2 is 1.62 bits per heavy atom. The summed E-state index contributed by atoms with van der Waals surface area (Å²) in [7, 11) is 0. The molecule has 2 aromatic rings. The highest BCUT2D eigenvalue weighted by Crippen LogP contribution is 2.36. The number of alkyl halides is 3. The zero-order valence-corrected chi connectivity index (χ0v) is 11.3. The van der Waals surface area contributed by atoms with Crippen LogP contribution in [0.3, 0.4) is 0 Å². The predicted molar refractivity (Wildman–Crippen MR) is 73.4 cm³/mol. The second-order valence-corrected chi connectivity index (χ2v) is 5.33. The number of nitrogen functional groups attached to an aromatic ring is 1. The van der Waals surface area contributed by atoms with Crippen LogP contribution in [0.2, 0.25) is 0 Å². The summed E-state index contributed by atoms with van der Waals surface area (Å²) in [5, 5.41) is 8.82. The highest BCUT2D eigenvalue weighted by atomic mass is 32.2. The summed E-state index contributed by atoms with van der Waals surface area (Å²) in [5.74, 6) is -1.61. The Morgan fingerprint density at radius 3 is 2.14 bits per heavy atom. The van der Waals surface area contributed by atoms with E-state index in [1.54, 1.807) is 24.3 Å². The molecule has 0 bridgehead atoms. The molecule has 0 saturated carbocycles. The fraction of sp³-hybridized carbons (Fsp3) is 0.0714. The number of aromatic carboxylic acids is 1. The molecule has 3 N–H and O–H groups in total. The molecular weight excluding hydrogens is 303 g/mol. The van der Waals surface area contributed by atoms with Crippen LogP contribution >= 0.6 is 11.8 Å². The second-order valence-electron chi connectivity index (χ2n) is 4.18. The fourth-order valence-electron chi connectivity index (χ4n) is 1.68. The van der Waals surface area contributed by atoms with Crippen molar-refractivity contribution in [2.75, 3.05) is 5.73 Å². The van der Waals surface area contributed by atoms with Crippen LogP contribution in [-0.4, -0.2) is 11.1 Å². The van der Waals surface area contributed by atoms with Gasteiger partial charge in [0.25, 0.3) is 0 Å². The first kappa shape index (κ1) is 15.2. The molecular formula is C14H10F3NO2S. The van der Waals surface area contributed by atoms with Crippen molar-refractivity contribution in [2.24, 2.45) is 0 Å². The molecule has 0 aliphatic rings. The average molecular weight is 313 g/mol. The lowest BCUT2D eigenvalue weighted by molar-refractivity contribution is -0.138. The number of nitrogens with two attached hydrogens (primary N) is 1. The Labute approximate surface area is 122 Å². The van der Waals surface area contributed by atoms with Crippen molar-refractivity contribution < 1.29 is 23.1 Å². The van der Waals surface area contributed by atoms with E-state index in [1.807, 2.05) is 0 Å². The van der Waals surface area contributed by atoms with E-state index in [0.717, 1.165) is 23.9 Å². The van der Waals surface area contributed by atoms with Crippen molar-refractivity contribution in [1.82, 2.24) is 0 Å². The molecule has 2 aromatic carbocycles. The minimum atomic E-state index is -4.72. The van der Waals surface area contributed by atoms with Gasteiger partial charge in [-0.15, -0.1) is 0 Å². The van der Waals surface area contributed by atoms with Crippen molar-refractivity contribution in [3.8, 4) is 0 Å². The van der Waals surface area contributed by atoms with Crippen molar-refractivity contribution in [3.05, 3.63) is 53.6 Å². The first-order valence-corrected chi connectivity index (χ1v) is 6.57. The molecule has 0 heterocycles. The molecule has 7 heteroatoms. The average Bonchev–Trinajstić information content (AvgIpc) is 2.40. The van der Waals surface area contributed by atoms with E-state index in [4.69, 9.17) is 10.8 Å². The van der Waals surface area contributed by atoms with Crippen molar-refractivity contribution in [3.63, 3.8) is 0 Å². The van der Waals surface area contributed by atoms with Gasteiger partial charge in [0.05, 0.1) is 11.1 Å². The van der Waals surface area contributed by atoms with E-state index in [0.29, 0.717) is 15.5 Å². The van der Waals surface area contributed by atoms with Crippen LogP contribution in [0, 0.1) is 0 Å². The van der Waals surface area contributed by atoms with Gasteiger partial charge in [0.1, 0.15) is 0 Å². The SMILES string of the molecule is Nc1ccc(Sc2ccc(C(=O)O)c(C(F)(F)F)c2)cc1. The number of carboxylic acids is 1. The summed E-state index contributed by atoms with van der Waals surface area (Å²) in [6.45, 7) is 0. The lowest BCUT2D eigenvalue weighted by Crippen LogP contribution is -2.12. The monoisotopic (exact) mass is 313 g/mol. The number of halogens is 3. The first-order chi connectivity index (χ1) is 9.77. The maximum absolute atomic E-state index is 12.9. The van der Waals surface area contributed by atoms with Gasteiger partial charge in [0, 0.05) is 15.5 Å². The standard InChI is InChI=1S/C14H10F3NO2S/c15-14(16,17)12-7-10(5-6-11(12)13(19)20)21-9-3-1-8(18)2-4-9/h1-7H,18H2,(H,19,20). The summed E-state index contributed by atoms with van der Waals surface area (Å²) < 4.78 is 38.7. The molecule has 0 unspecified atom stereocenters. The number of rotatable bonds is 3. The summed E-state index contributed by atoms with van der Waals surface area (Å²) in [6.07, 6.45) is -4.72. The maximum atomic E-state index is 12.9. The number of anilines is 1. The Balaban J connectivity index is 2.38. The Bertz CT molecular complexity index is 669. The largest absolute Gasteiger partial charge is 0.478 e. The van der Waals surface area contributed by atoms with Crippen LogP contribution in [0.15, 0.2) is 52.3 Å². The lowest BCUT2D eigenvalue weighted by atomic mass is 10.1. The zero-order chi connectivity index (χ0) is 15.6. The van der Waals surface area contributed by atoms with Crippen LogP contribution in [0.4, 0.5) is 18.9 Å². The number of hydrogen-bond donors (Lipinski definition) is 2. The van der Waals surface area contributed by atoms with E-state index < -0.39 is 23.3 Å². The van der Waals surface area contributed by atoms with Gasteiger partial charge in [0.2, 0.25) is 0 Å². The van der Waals surface area contributed by atoms with Gasteiger partial charge < -0.3 is 10.8 Å². The fourth-order valence-corrected chi connectivity index (χ4v) is 2.54. The third-order valence-electron chi connectivity index (χ3n) is 2.64. The third kappa shape index (κ3) is 3.69. The molecule has 0 aliphatic carbocycles. The van der Waals surface area contributed by atoms with Gasteiger partial charge >= 0.3 is 12.1 Å². The predicted octanol–water partition coefficient (Wildman–Crippen LogP) is 4.14. The number of carboxylic acid groups (broad SMARTS) is 1. The van der Waals surface area contributed by atoms with Gasteiger partial charge in [-0.25, -0.2) is 4.79 Å². The van der Waals surface area contributed by atoms with Crippen LogP contribution in [0.25, 0.3) is 0 Å². The smallest absolute Gasteiger partial charge is 0.417 e. The molecule has 0 fully saturated rings. The number of benzene rings is 2. The van der Waals surface area contributed by atoms with E-state index in [2.05, 4.69) is 0 Å². The van der Waals surface area contributed by atoms with Crippen molar-refractivity contribution in [1.29, 1.82) is 0 Å². The molecule has 2 rings (SSSR count). The normalized spacial score (nSPS) is 11.4. The topological polar surface area (TPSA) is 63.3 Å². The molecule has 0 aromatic heterocycles. The second kappa shape index (κ2) is 5.69. The molecule has 21 heavy (non-hydrogen) atoms. The molecule has 0 atom stereocenters. The Hall–Kier alpha value is -2.15. The molecule has 110 valence electrons. The van der Waals surface area contributed by atoms with Crippen LogP contribution in [0.1, 0.15) is 15.9 Å². The van der Waals surface area contributed by atoms with Crippen LogP contribution in [0.5, 0.6) is 0 Å². The molecule has 0 amide bonds. The van der Waals surface area contributed by atoms with Gasteiger partial charge in [-0.1, -0.05) is 11.8 Å². The first-order valence-electron chi connectivity index (χ1n) is 5.75. The Morgan fingerprint density at radius 1 is 1.05 bits per heavy atom. The van der Waals surface area contributed by atoms with Gasteiger partial charge in [-0.2, -0.15) is 13.2 Å². The quantitative estimate of drug-likeness (QED) is 0.836. The van der Waals surface area contributed by atoms with Gasteiger partial charge in [0.15, 0.2) is 0 Å². The maximum Gasteiger partial charge on any atom is 0.417 e. The van der Waals surface area contributed by atoms with Crippen LogP contribution < -0.4 is 5.73 Å². The summed E-state index contributed by atoms with van der Waals surface area (Å²) in [4.78, 5) is 11.9. The van der Waals surface area contributed by atoms with Crippen molar-refractivity contribution >= 4 is 23.4 Å². The molecule has 0 saturated heterocycles.